The first-order valence-electron chi connectivity index (χ1n) is 25.8. The van der Waals surface area contributed by atoms with Gasteiger partial charge in [0.1, 0.15) is 0 Å². The fourth-order valence-electron chi connectivity index (χ4n) is 6.49. The van der Waals surface area contributed by atoms with Crippen LogP contribution in [0.4, 0.5) is 11.4 Å². The summed E-state index contributed by atoms with van der Waals surface area (Å²) in [5.41, 5.74) is 2.78. The summed E-state index contributed by atoms with van der Waals surface area (Å²) in [6.07, 6.45) is 0.117. The Morgan fingerprint density at radius 3 is 1.64 bits per heavy atom. The fraction of sp³-hybridized carbons (Fsp3) is 0.440. The van der Waals surface area contributed by atoms with Crippen LogP contribution >= 0.6 is 15.9 Å². The summed E-state index contributed by atoms with van der Waals surface area (Å²) in [4.78, 5) is 23.6. The van der Waals surface area contributed by atoms with Crippen LogP contribution in [0.15, 0.2) is 107 Å². The highest BCUT2D eigenvalue weighted by Crippen LogP contribution is 2.40. The van der Waals surface area contributed by atoms with E-state index >= 15 is 0 Å². The lowest BCUT2D eigenvalue weighted by Gasteiger charge is -2.32. The van der Waals surface area contributed by atoms with Crippen molar-refractivity contribution in [2.24, 2.45) is 0 Å². The topological polar surface area (TPSA) is 130 Å². The number of nitro groups is 2. The number of nitro benzene ring substituents is 2. The van der Waals surface area contributed by atoms with Crippen LogP contribution in [-0.2, 0) is 22.4 Å². The molecule has 7 rings (SSSR count). The second kappa shape index (κ2) is 22.4. The van der Waals surface area contributed by atoms with Crippen LogP contribution in [0.25, 0.3) is 5.57 Å². The van der Waals surface area contributed by atoms with Crippen LogP contribution in [0.1, 0.15) is 110 Å². The first-order valence-corrected chi connectivity index (χ1v) is 21.6. The fourth-order valence-corrected chi connectivity index (χ4v) is 6.81. The Morgan fingerprint density at radius 2 is 1.19 bits per heavy atom. The molecule has 0 unspecified atom stereocenters. The van der Waals surface area contributed by atoms with Gasteiger partial charge in [0.05, 0.1) is 36.0 Å². The Kier molecular flexibility index (Phi) is 13.1. The zero-order valence-electron chi connectivity index (χ0n) is 48.1. The first kappa shape index (κ1) is 37.4. The molecule has 12 nitrogen and oxygen atoms in total. The van der Waals surface area contributed by atoms with Crippen LogP contribution in [-0.4, -0.2) is 76.1 Å². The third-order valence-electron chi connectivity index (χ3n) is 10.6. The Bertz CT molecular complexity index is 2740. The first-order chi connectivity index (χ1) is 33.7. The summed E-state index contributed by atoms with van der Waals surface area (Å²) in [6.45, 7) is 9.45. The molecule has 3 heterocycles. The van der Waals surface area contributed by atoms with E-state index in [1.54, 1.807) is 13.8 Å². The van der Waals surface area contributed by atoms with Gasteiger partial charge < -0.3 is 18.8 Å². The summed E-state index contributed by atoms with van der Waals surface area (Å²) in [6, 6.07) is 24.2. The minimum atomic E-state index is -2.10. The number of halogens is 1. The van der Waals surface area contributed by atoms with Crippen LogP contribution in [0.3, 0.4) is 0 Å². The minimum Gasteiger partial charge on any atom is -0.484 e. The largest absolute Gasteiger partial charge is 0.490 e. The Morgan fingerprint density at radius 1 is 0.734 bits per heavy atom. The molecule has 14 heteroatoms. The molecule has 342 valence electrons. The molecule has 64 heavy (non-hydrogen) atoms. The molecule has 0 spiro atoms. The third-order valence-corrected chi connectivity index (χ3v) is 11.4. The highest BCUT2D eigenvalue weighted by Gasteiger charge is 2.52. The molecule has 4 aromatic rings. The maximum atomic E-state index is 11.5. The Hall–Kier alpha value is -4.86. The smallest absolute Gasteiger partial charge is 0.484 e. The van der Waals surface area contributed by atoms with E-state index in [2.05, 4.69) is 15.9 Å². The van der Waals surface area contributed by atoms with Gasteiger partial charge in [-0.3, -0.25) is 30.0 Å². The van der Waals surface area contributed by atoms with Crippen LogP contribution in [0.2, 0.25) is 0 Å². The van der Waals surface area contributed by atoms with Gasteiger partial charge >= 0.3 is 18.5 Å². The van der Waals surface area contributed by atoms with E-state index in [9.17, 15) is 20.2 Å². The quantitative estimate of drug-likeness (QED) is 0.0768. The highest BCUT2D eigenvalue weighted by atomic mass is 79.9. The van der Waals surface area contributed by atoms with Crippen molar-refractivity contribution < 1.29 is 42.3 Å². The number of hydrogen-bond acceptors (Lipinski definition) is 10. The molecule has 1 saturated heterocycles. The van der Waals surface area contributed by atoms with Gasteiger partial charge in [0, 0.05) is 72.7 Å². The zero-order valence-corrected chi connectivity index (χ0v) is 39.7. The van der Waals surface area contributed by atoms with Gasteiger partial charge in [-0.2, -0.15) is 0 Å². The number of aryl methyl sites for hydroxylation is 2. The molecule has 3 aliphatic heterocycles. The van der Waals surface area contributed by atoms with Gasteiger partial charge in [0.25, 0.3) is 0 Å². The molecule has 0 aliphatic carbocycles. The predicted molar refractivity (Wildman–Crippen MR) is 260 cm³/mol. The normalized spacial score (nSPS) is 22.9. The number of ether oxygens (including phenoxy) is 2. The standard InChI is InChI=1S/C22H26N2O3.C18H26BNO2.C10H12BrNO3/c1-16(2)27-22-14-20(17(3)13-21(22)24(25)26)19-9-11-23(12-10-19)15-18-7-5-4-6-8-18;1-17(2)18(3,4)22-19(21-17)16-10-12-20(13-11-16)14-15-8-6-5-7-9-15;1-6(2)15-10-5-8(11)7(3)4-9(10)12(13)14/h4-9,13-14,16H,10-12,15H2,1-3H3;5-10H,11-14H2,1-4H3;4-6H,1-3H3/i11D2,12D2,16D;12D2,13D2;6D. The second-order valence-corrected chi connectivity index (χ2v) is 17.6. The Balaban J connectivity index is 0.000000217. The molecule has 3 aliphatic rings. The average Bonchev–Trinajstić information content (AvgIpc) is 3.47. The predicted octanol–water partition coefficient (Wildman–Crippen LogP) is 11.9. The van der Waals surface area contributed by atoms with Crippen molar-refractivity contribution in [3.8, 4) is 11.5 Å². The van der Waals surface area contributed by atoms with Crippen molar-refractivity contribution in [1.82, 2.24) is 9.80 Å². The molecule has 0 aromatic heterocycles. The van der Waals surface area contributed by atoms with Crippen molar-refractivity contribution in [3.05, 3.63) is 155 Å². The van der Waals surface area contributed by atoms with Crippen LogP contribution in [0, 0.1) is 34.1 Å². The van der Waals surface area contributed by atoms with Gasteiger partial charge in [-0.1, -0.05) is 88.7 Å². The summed E-state index contributed by atoms with van der Waals surface area (Å²) < 4.78 is 107. The Labute approximate surface area is 402 Å². The van der Waals surface area contributed by atoms with Crippen molar-refractivity contribution in [1.29, 1.82) is 0 Å². The van der Waals surface area contributed by atoms with E-state index in [0.717, 1.165) is 21.2 Å². The van der Waals surface area contributed by atoms with Crippen molar-refractivity contribution in [3.63, 3.8) is 0 Å². The van der Waals surface area contributed by atoms with Gasteiger partial charge in [-0.25, -0.2) is 0 Å². The monoisotopic (exact) mass is 948 g/mol. The number of benzene rings is 4. The van der Waals surface area contributed by atoms with Crippen LogP contribution < -0.4 is 9.47 Å². The molecular weight excluding hydrogens is 875 g/mol. The third kappa shape index (κ3) is 13.8. The van der Waals surface area contributed by atoms with E-state index in [0.29, 0.717) is 22.2 Å². The summed E-state index contributed by atoms with van der Waals surface area (Å²) >= 11 is 3.27. The van der Waals surface area contributed by atoms with Gasteiger partial charge in [-0.05, 0) is 127 Å². The molecule has 4 aromatic carbocycles. The van der Waals surface area contributed by atoms with Gasteiger partial charge in [-0.15, -0.1) is 0 Å². The molecular formula is C50H64BBrN4O8. The SMILES string of the molecule is [2H]C(C)(C)Oc1cc(Br)c(C)cc1[N+](=O)[O-].[2H]C(C)(C)Oc1cc(C2=CC([2H])([2H])N(Cc3ccccc3)C([2H])([2H])C2)c(C)cc1[N+](=O)[O-].[2H]C1([2H])C=C(B2OC(C)(C)C(C)(C)O2)CC([2H])([2H])N1Cc1ccccc1. The lowest BCUT2D eigenvalue weighted by Crippen LogP contribution is -2.41. The van der Waals surface area contributed by atoms with Gasteiger partial charge in [0.15, 0.2) is 11.5 Å². The van der Waals surface area contributed by atoms with Crippen molar-refractivity contribution >= 4 is 40.0 Å². The van der Waals surface area contributed by atoms with E-state index in [4.69, 9.17) is 32.5 Å². The van der Waals surface area contributed by atoms with Gasteiger partial charge in [0.2, 0.25) is 0 Å². The van der Waals surface area contributed by atoms with Crippen molar-refractivity contribution in [2.75, 3.05) is 26.0 Å². The number of nitrogens with zero attached hydrogens (tertiary/aromatic N) is 4. The zero-order chi connectivity index (χ0) is 55.8. The lowest BCUT2D eigenvalue weighted by atomic mass is 9.74. The van der Waals surface area contributed by atoms with E-state index in [1.165, 1.54) is 73.9 Å². The summed E-state index contributed by atoms with van der Waals surface area (Å²) in [5, 5.41) is 22.3. The molecule has 0 amide bonds. The number of rotatable bonds is 12. The molecule has 0 saturated carbocycles. The highest BCUT2D eigenvalue weighted by molar-refractivity contribution is 9.10. The van der Waals surface area contributed by atoms with Crippen LogP contribution in [0.5, 0.6) is 11.5 Å². The molecule has 0 atom stereocenters. The molecule has 0 radical (unpaired) electrons. The maximum Gasteiger partial charge on any atom is 0.490 e. The molecule has 0 bridgehead atoms. The lowest BCUT2D eigenvalue weighted by molar-refractivity contribution is -0.386. The summed E-state index contributed by atoms with van der Waals surface area (Å²) in [7, 11) is -0.732. The molecule has 0 N–H and O–H groups in total. The second-order valence-electron chi connectivity index (χ2n) is 16.8. The van der Waals surface area contributed by atoms with Crippen molar-refractivity contribution in [2.45, 2.75) is 119 Å². The minimum absolute atomic E-state index is 0.0379. The average molecular weight is 950 g/mol. The van der Waals surface area contributed by atoms with E-state index < -0.39 is 66.3 Å². The molecule has 1 fully saturated rings. The number of hydrogen-bond donors (Lipinski definition) is 0. The maximum absolute atomic E-state index is 11.5. The summed E-state index contributed by atoms with van der Waals surface area (Å²) in [5.74, 6) is -0.00758. The van der Waals surface area contributed by atoms with E-state index in [1.807, 2.05) is 88.4 Å². The van der Waals surface area contributed by atoms with E-state index in [-0.39, 0.29) is 48.8 Å².